The minimum absolute atomic E-state index is 0. The highest BCUT2D eigenvalue weighted by molar-refractivity contribution is 5.85. The van der Waals surface area contributed by atoms with E-state index in [1.807, 2.05) is 12.1 Å². The van der Waals surface area contributed by atoms with Gasteiger partial charge in [0.2, 0.25) is 0 Å². The van der Waals surface area contributed by atoms with Crippen LogP contribution in [0.25, 0.3) is 0 Å². The Labute approximate surface area is 119 Å². The van der Waals surface area contributed by atoms with Gasteiger partial charge in [0.15, 0.2) is 0 Å². The summed E-state index contributed by atoms with van der Waals surface area (Å²) in [4.78, 5) is 12.9. The van der Waals surface area contributed by atoms with Gasteiger partial charge in [-0.25, -0.2) is 0 Å². The van der Waals surface area contributed by atoms with Crippen LogP contribution in [0.15, 0.2) is 24.3 Å². The predicted molar refractivity (Wildman–Crippen MR) is 77.4 cm³/mol. The lowest BCUT2D eigenvalue weighted by Gasteiger charge is -2.31. The Morgan fingerprint density at radius 2 is 1.95 bits per heavy atom. The van der Waals surface area contributed by atoms with Crippen molar-refractivity contribution in [2.45, 2.75) is 19.4 Å². The second-order valence-electron chi connectivity index (χ2n) is 4.84. The number of halogens is 1. The Morgan fingerprint density at radius 1 is 1.32 bits per heavy atom. The lowest BCUT2D eigenvalue weighted by molar-refractivity contribution is -0.385. The molecule has 1 aliphatic rings. The lowest BCUT2D eigenvalue weighted by atomic mass is 9.97. The van der Waals surface area contributed by atoms with Gasteiger partial charge in [0.1, 0.15) is 0 Å². The summed E-state index contributed by atoms with van der Waals surface area (Å²) in [5.41, 5.74) is 6.68. The molecule has 2 N–H and O–H groups in total. The van der Waals surface area contributed by atoms with E-state index < -0.39 is 0 Å². The normalized spacial score (nSPS) is 16.9. The van der Waals surface area contributed by atoms with Gasteiger partial charge in [-0.05, 0) is 38.4 Å². The molecule has 0 radical (unpaired) electrons. The monoisotopic (exact) mass is 285 g/mol. The number of nitro benzene ring substituents is 1. The Bertz CT molecular complexity index is 420. The quantitative estimate of drug-likeness (QED) is 0.680. The highest BCUT2D eigenvalue weighted by Gasteiger charge is 2.20. The average molecular weight is 286 g/mol. The van der Waals surface area contributed by atoms with E-state index in [1.54, 1.807) is 12.1 Å². The van der Waals surface area contributed by atoms with Crippen molar-refractivity contribution >= 4 is 18.1 Å². The largest absolute Gasteiger partial charge is 0.330 e. The van der Waals surface area contributed by atoms with Crippen LogP contribution >= 0.6 is 12.4 Å². The molecule has 106 valence electrons. The molecule has 19 heavy (non-hydrogen) atoms. The molecule has 0 amide bonds. The maximum absolute atomic E-state index is 10.9. The topological polar surface area (TPSA) is 72.4 Å². The fraction of sp³-hybridized carbons (Fsp3) is 0.538. The molecule has 1 aromatic carbocycles. The van der Waals surface area contributed by atoms with Crippen molar-refractivity contribution in [3.8, 4) is 0 Å². The lowest BCUT2D eigenvalue weighted by Crippen LogP contribution is -2.35. The smallest absolute Gasteiger partial charge is 0.273 e. The Kier molecular flexibility index (Phi) is 6.21. The van der Waals surface area contributed by atoms with Crippen LogP contribution in [0.5, 0.6) is 0 Å². The van der Waals surface area contributed by atoms with Crippen molar-refractivity contribution < 1.29 is 4.92 Å². The number of hydrogen-bond donors (Lipinski definition) is 1. The van der Waals surface area contributed by atoms with Crippen molar-refractivity contribution in [3.63, 3.8) is 0 Å². The molecule has 0 spiro atoms. The van der Waals surface area contributed by atoms with Gasteiger partial charge >= 0.3 is 0 Å². The third kappa shape index (κ3) is 4.16. The molecule has 6 heteroatoms. The zero-order valence-electron chi connectivity index (χ0n) is 10.8. The third-order valence-electron chi connectivity index (χ3n) is 3.62. The Hall–Kier alpha value is -1.17. The number of para-hydroxylation sites is 1. The molecule has 1 heterocycles. The van der Waals surface area contributed by atoms with Crippen LogP contribution in [0.1, 0.15) is 18.4 Å². The summed E-state index contributed by atoms with van der Waals surface area (Å²) < 4.78 is 0. The van der Waals surface area contributed by atoms with Crippen LogP contribution in [-0.4, -0.2) is 29.5 Å². The summed E-state index contributed by atoms with van der Waals surface area (Å²) >= 11 is 0. The number of benzene rings is 1. The van der Waals surface area contributed by atoms with Gasteiger partial charge in [-0.15, -0.1) is 12.4 Å². The number of rotatable bonds is 4. The third-order valence-corrected chi connectivity index (χ3v) is 3.62. The van der Waals surface area contributed by atoms with Gasteiger partial charge < -0.3 is 5.73 Å². The molecule has 1 fully saturated rings. The molecule has 0 unspecified atom stereocenters. The molecule has 0 aliphatic carbocycles. The standard InChI is InChI=1S/C13H19N3O2.ClH/c14-9-11-5-7-15(8-6-11)10-12-3-1-2-4-13(12)16(17)18;/h1-4,11H,5-10,14H2;1H. The Morgan fingerprint density at radius 3 is 2.53 bits per heavy atom. The first kappa shape index (κ1) is 15.9. The zero-order chi connectivity index (χ0) is 13.0. The number of piperidine rings is 1. The molecular weight excluding hydrogens is 266 g/mol. The number of hydrogen-bond acceptors (Lipinski definition) is 4. The van der Waals surface area contributed by atoms with E-state index in [1.165, 1.54) is 0 Å². The van der Waals surface area contributed by atoms with Crippen LogP contribution in [0, 0.1) is 16.0 Å². The van der Waals surface area contributed by atoms with E-state index in [4.69, 9.17) is 5.73 Å². The molecular formula is C13H20ClN3O2. The summed E-state index contributed by atoms with van der Waals surface area (Å²) in [7, 11) is 0. The summed E-state index contributed by atoms with van der Waals surface area (Å²) in [6.45, 7) is 3.37. The predicted octanol–water partition coefficient (Wildman–Crippen LogP) is 2.19. The van der Waals surface area contributed by atoms with Crippen LogP contribution in [0.3, 0.4) is 0 Å². The molecule has 1 saturated heterocycles. The fourth-order valence-electron chi connectivity index (χ4n) is 2.44. The first-order chi connectivity index (χ1) is 8.70. The van der Waals surface area contributed by atoms with Gasteiger partial charge in [-0.3, -0.25) is 15.0 Å². The first-order valence-electron chi connectivity index (χ1n) is 6.35. The zero-order valence-corrected chi connectivity index (χ0v) is 11.6. The van der Waals surface area contributed by atoms with E-state index >= 15 is 0 Å². The summed E-state index contributed by atoms with van der Waals surface area (Å²) in [5.74, 6) is 0.618. The van der Waals surface area contributed by atoms with E-state index in [0.29, 0.717) is 12.5 Å². The number of likely N-dealkylation sites (tertiary alicyclic amines) is 1. The maximum Gasteiger partial charge on any atom is 0.273 e. The average Bonchev–Trinajstić information content (AvgIpc) is 2.40. The number of nitrogens with two attached hydrogens (primary N) is 1. The first-order valence-corrected chi connectivity index (χ1v) is 6.35. The molecule has 5 nitrogen and oxygen atoms in total. The van der Waals surface area contributed by atoms with Crippen LogP contribution in [-0.2, 0) is 6.54 Å². The van der Waals surface area contributed by atoms with E-state index in [2.05, 4.69) is 4.90 Å². The minimum atomic E-state index is -0.304. The maximum atomic E-state index is 10.9. The molecule has 0 saturated carbocycles. The summed E-state index contributed by atoms with van der Waals surface area (Å²) in [6, 6.07) is 6.98. The SMILES string of the molecule is Cl.NCC1CCN(Cc2ccccc2[N+](=O)[O-])CC1. The summed E-state index contributed by atoms with van der Waals surface area (Å²) in [5, 5.41) is 10.9. The molecule has 0 atom stereocenters. The molecule has 1 aromatic rings. The van der Waals surface area contributed by atoms with E-state index in [0.717, 1.165) is 38.0 Å². The minimum Gasteiger partial charge on any atom is -0.330 e. The molecule has 1 aliphatic heterocycles. The van der Waals surface area contributed by atoms with Crippen LogP contribution < -0.4 is 5.73 Å². The molecule has 2 rings (SSSR count). The van der Waals surface area contributed by atoms with Crippen molar-refractivity contribution in [2.75, 3.05) is 19.6 Å². The van der Waals surface area contributed by atoms with Gasteiger partial charge in [0.05, 0.1) is 4.92 Å². The van der Waals surface area contributed by atoms with Gasteiger partial charge in [0, 0.05) is 18.2 Å². The van der Waals surface area contributed by atoms with Crippen molar-refractivity contribution in [3.05, 3.63) is 39.9 Å². The number of nitro groups is 1. The summed E-state index contributed by atoms with van der Waals surface area (Å²) in [6.07, 6.45) is 2.19. The second kappa shape index (κ2) is 7.43. The van der Waals surface area contributed by atoms with Crippen LogP contribution in [0.2, 0.25) is 0 Å². The highest BCUT2D eigenvalue weighted by Crippen LogP contribution is 2.22. The second-order valence-corrected chi connectivity index (χ2v) is 4.84. The number of nitrogens with zero attached hydrogens (tertiary/aromatic N) is 2. The van der Waals surface area contributed by atoms with Crippen molar-refractivity contribution in [1.29, 1.82) is 0 Å². The highest BCUT2D eigenvalue weighted by atomic mass is 35.5. The fourth-order valence-corrected chi connectivity index (χ4v) is 2.44. The van der Waals surface area contributed by atoms with Crippen LogP contribution in [0.4, 0.5) is 5.69 Å². The Balaban J connectivity index is 0.00000180. The van der Waals surface area contributed by atoms with Gasteiger partial charge in [-0.1, -0.05) is 18.2 Å². The van der Waals surface area contributed by atoms with Crippen molar-refractivity contribution in [2.24, 2.45) is 11.7 Å². The van der Waals surface area contributed by atoms with Gasteiger partial charge in [-0.2, -0.15) is 0 Å². The van der Waals surface area contributed by atoms with Crippen molar-refractivity contribution in [1.82, 2.24) is 4.90 Å². The van der Waals surface area contributed by atoms with E-state index in [9.17, 15) is 10.1 Å². The molecule has 0 bridgehead atoms. The molecule has 0 aromatic heterocycles. The van der Waals surface area contributed by atoms with E-state index in [-0.39, 0.29) is 23.0 Å². The van der Waals surface area contributed by atoms with Gasteiger partial charge in [0.25, 0.3) is 5.69 Å².